The maximum atomic E-state index is 5.09. The van der Waals surface area contributed by atoms with E-state index in [0.717, 1.165) is 25.3 Å². The van der Waals surface area contributed by atoms with Crippen LogP contribution in [0.2, 0.25) is 0 Å². The molecule has 1 aromatic heterocycles. The van der Waals surface area contributed by atoms with E-state index >= 15 is 0 Å². The van der Waals surface area contributed by atoms with Crippen LogP contribution in [-0.2, 0) is 24.2 Å². The Morgan fingerprint density at radius 3 is 2.94 bits per heavy atom. The van der Waals surface area contributed by atoms with Gasteiger partial charge in [-0.1, -0.05) is 0 Å². The fraction of sp³-hybridized carbons (Fsp3) is 0.667. The van der Waals surface area contributed by atoms with E-state index in [2.05, 4.69) is 10.3 Å². The number of nitrogens with one attached hydrogen (secondary N) is 1. The van der Waals surface area contributed by atoms with Crippen molar-refractivity contribution >= 4 is 0 Å². The number of ether oxygens (including phenoxy) is 1. The number of methoxy groups -OCH3 is 1. The monoisotopic (exact) mass is 219 g/mol. The number of aromatic nitrogens is 2. The van der Waals surface area contributed by atoms with Crippen LogP contribution in [0, 0.1) is 0 Å². The highest BCUT2D eigenvalue weighted by Gasteiger charge is 2.31. The molecule has 2 heterocycles. The van der Waals surface area contributed by atoms with E-state index in [1.807, 2.05) is 0 Å². The van der Waals surface area contributed by atoms with Crippen LogP contribution in [0.5, 0.6) is 0 Å². The van der Waals surface area contributed by atoms with Gasteiger partial charge in [-0.15, -0.1) is 0 Å². The number of rotatable bonds is 4. The van der Waals surface area contributed by atoms with Crippen LogP contribution >= 0.6 is 0 Å². The lowest BCUT2D eigenvalue weighted by molar-refractivity contribution is 0.200. The summed E-state index contributed by atoms with van der Waals surface area (Å²) in [7, 11) is 1.72. The van der Waals surface area contributed by atoms with Crippen molar-refractivity contribution in [3.05, 3.63) is 22.8 Å². The van der Waals surface area contributed by atoms with E-state index < -0.39 is 0 Å². The average molecular weight is 219 g/mol. The van der Waals surface area contributed by atoms with Crippen LogP contribution in [0.25, 0.3) is 0 Å². The van der Waals surface area contributed by atoms with Crippen LogP contribution in [0.15, 0.2) is 0 Å². The molecule has 0 unspecified atom stereocenters. The first-order valence-electron chi connectivity index (χ1n) is 5.96. The summed E-state index contributed by atoms with van der Waals surface area (Å²) in [5.41, 5.74) is 3.88. The molecule has 1 aliphatic heterocycles. The maximum absolute atomic E-state index is 5.09. The van der Waals surface area contributed by atoms with Gasteiger partial charge in [0.15, 0.2) is 0 Å². The van der Waals surface area contributed by atoms with Crippen molar-refractivity contribution in [1.29, 1.82) is 0 Å². The van der Waals surface area contributed by atoms with E-state index in [-0.39, 0.29) is 0 Å². The second-order valence-electron chi connectivity index (χ2n) is 4.57. The smallest absolute Gasteiger partial charge is 0.131 e. The molecule has 1 fully saturated rings. The molecular formula is C12H17N3O. The Labute approximate surface area is 95.4 Å². The van der Waals surface area contributed by atoms with Crippen molar-refractivity contribution < 1.29 is 4.74 Å². The molecule has 0 saturated heterocycles. The zero-order valence-electron chi connectivity index (χ0n) is 9.62. The molecule has 2 aliphatic rings. The van der Waals surface area contributed by atoms with Crippen LogP contribution in [-0.4, -0.2) is 23.7 Å². The fourth-order valence-electron chi connectivity index (χ4n) is 2.25. The summed E-state index contributed by atoms with van der Waals surface area (Å²) in [6, 6.07) is 0. The number of nitrogens with zero attached hydrogens (tertiary/aromatic N) is 2. The van der Waals surface area contributed by atoms with Gasteiger partial charge in [-0.25, -0.2) is 9.97 Å². The Bertz CT molecular complexity index is 401. The molecule has 4 heteroatoms. The van der Waals surface area contributed by atoms with Crippen molar-refractivity contribution in [1.82, 2.24) is 15.3 Å². The molecule has 0 aromatic carbocycles. The molecule has 0 radical (unpaired) electrons. The second kappa shape index (κ2) is 4.11. The number of hydrogen-bond acceptors (Lipinski definition) is 4. The van der Waals surface area contributed by atoms with E-state index in [4.69, 9.17) is 9.72 Å². The molecule has 3 rings (SSSR count). The van der Waals surface area contributed by atoms with Crippen molar-refractivity contribution in [2.24, 2.45) is 0 Å². The van der Waals surface area contributed by atoms with Gasteiger partial charge in [0.05, 0.1) is 18.0 Å². The molecule has 86 valence electrons. The maximum Gasteiger partial charge on any atom is 0.131 e. The summed E-state index contributed by atoms with van der Waals surface area (Å²) < 4.78 is 5.09. The minimum atomic E-state index is 0.705. The highest BCUT2D eigenvalue weighted by atomic mass is 16.5. The third-order valence-corrected chi connectivity index (χ3v) is 3.26. The molecule has 1 aromatic rings. The Morgan fingerprint density at radius 2 is 2.19 bits per heavy atom. The molecule has 16 heavy (non-hydrogen) atoms. The zero-order valence-corrected chi connectivity index (χ0v) is 9.62. The van der Waals surface area contributed by atoms with Gasteiger partial charge in [0.1, 0.15) is 5.82 Å². The average Bonchev–Trinajstić information content (AvgIpc) is 3.03. The van der Waals surface area contributed by atoms with Crippen molar-refractivity contribution in [2.45, 2.75) is 38.3 Å². The van der Waals surface area contributed by atoms with E-state index in [1.165, 1.54) is 29.8 Å². The molecule has 0 spiro atoms. The fourth-order valence-corrected chi connectivity index (χ4v) is 2.25. The van der Waals surface area contributed by atoms with Gasteiger partial charge in [-0.3, -0.25) is 0 Å². The summed E-state index contributed by atoms with van der Waals surface area (Å²) in [6.45, 7) is 2.56. The third kappa shape index (κ3) is 1.83. The van der Waals surface area contributed by atoms with Crippen LogP contribution in [0.1, 0.15) is 41.5 Å². The molecule has 1 saturated carbocycles. The van der Waals surface area contributed by atoms with E-state index in [1.54, 1.807) is 7.11 Å². The van der Waals surface area contributed by atoms with Gasteiger partial charge >= 0.3 is 0 Å². The summed E-state index contributed by atoms with van der Waals surface area (Å²) in [5.74, 6) is 1.66. The normalized spacial score (nSPS) is 18.8. The summed E-state index contributed by atoms with van der Waals surface area (Å²) in [5, 5.41) is 3.36. The molecule has 1 aliphatic carbocycles. The summed E-state index contributed by atoms with van der Waals surface area (Å²) in [4.78, 5) is 9.32. The number of fused-ring (bicyclic) bond motifs is 1. The Balaban J connectivity index is 1.92. The Kier molecular flexibility index (Phi) is 2.61. The van der Waals surface area contributed by atoms with Crippen LogP contribution < -0.4 is 5.32 Å². The van der Waals surface area contributed by atoms with E-state index in [9.17, 15) is 0 Å². The molecule has 0 atom stereocenters. The van der Waals surface area contributed by atoms with Crippen molar-refractivity contribution in [3.8, 4) is 0 Å². The highest BCUT2D eigenvalue weighted by molar-refractivity contribution is 5.33. The van der Waals surface area contributed by atoms with Gasteiger partial charge in [0, 0.05) is 38.1 Å². The predicted octanol–water partition coefficient (Wildman–Crippen LogP) is 1.15. The van der Waals surface area contributed by atoms with Gasteiger partial charge in [0.2, 0.25) is 0 Å². The second-order valence-corrected chi connectivity index (χ2v) is 4.57. The molecule has 0 bridgehead atoms. The SMILES string of the molecule is COCCc1nc2c(c(C3CC3)n1)CNC2. The minimum absolute atomic E-state index is 0.705. The zero-order chi connectivity index (χ0) is 11.0. The van der Waals surface area contributed by atoms with Gasteiger partial charge in [0.25, 0.3) is 0 Å². The quantitative estimate of drug-likeness (QED) is 0.825. The lowest BCUT2D eigenvalue weighted by Gasteiger charge is -2.08. The van der Waals surface area contributed by atoms with Gasteiger partial charge < -0.3 is 10.1 Å². The van der Waals surface area contributed by atoms with Crippen LogP contribution in [0.4, 0.5) is 0 Å². The standard InChI is InChI=1S/C12H17N3O/c1-16-5-4-11-14-10-7-13-6-9(10)12(15-11)8-2-3-8/h8,13H,2-7H2,1H3. The Morgan fingerprint density at radius 1 is 1.31 bits per heavy atom. The first kappa shape index (κ1) is 10.2. The molecule has 4 nitrogen and oxygen atoms in total. The van der Waals surface area contributed by atoms with Crippen molar-refractivity contribution in [2.75, 3.05) is 13.7 Å². The molecule has 1 N–H and O–H groups in total. The Hall–Kier alpha value is -1.00. The van der Waals surface area contributed by atoms with Gasteiger partial charge in [-0.2, -0.15) is 0 Å². The van der Waals surface area contributed by atoms with Gasteiger partial charge in [-0.05, 0) is 12.8 Å². The van der Waals surface area contributed by atoms with E-state index in [0.29, 0.717) is 12.5 Å². The third-order valence-electron chi connectivity index (χ3n) is 3.26. The van der Waals surface area contributed by atoms with Crippen LogP contribution in [0.3, 0.4) is 0 Å². The highest BCUT2D eigenvalue weighted by Crippen LogP contribution is 2.41. The summed E-state index contributed by atoms with van der Waals surface area (Å²) in [6.07, 6.45) is 3.42. The lowest BCUT2D eigenvalue weighted by atomic mass is 10.1. The first-order valence-corrected chi connectivity index (χ1v) is 5.96. The topological polar surface area (TPSA) is 47.0 Å². The number of hydrogen-bond donors (Lipinski definition) is 1. The molecule has 0 amide bonds. The largest absolute Gasteiger partial charge is 0.384 e. The lowest BCUT2D eigenvalue weighted by Crippen LogP contribution is -2.07. The predicted molar refractivity (Wildman–Crippen MR) is 60.1 cm³/mol. The first-order chi connectivity index (χ1) is 7.88. The minimum Gasteiger partial charge on any atom is -0.384 e. The summed E-state index contributed by atoms with van der Waals surface area (Å²) >= 11 is 0. The van der Waals surface area contributed by atoms with Crippen molar-refractivity contribution in [3.63, 3.8) is 0 Å². The molecular weight excluding hydrogens is 202 g/mol.